The van der Waals surface area contributed by atoms with Gasteiger partial charge in [0.25, 0.3) is 5.91 Å². The SMILES string of the molecule is CNC(=O)c1cc(Oc2cccc(NC(=O)Nc3cccc(C(F)(F)F)c3OCCN)c2)ccn1. The molecule has 9 nitrogen and oxygen atoms in total. The number of ether oxygens (including phenoxy) is 2. The molecule has 0 saturated heterocycles. The van der Waals surface area contributed by atoms with Crippen LogP contribution in [0.3, 0.4) is 0 Å². The average molecular weight is 489 g/mol. The molecule has 2 aromatic carbocycles. The number of pyridine rings is 1. The Bertz CT molecular complexity index is 1200. The minimum absolute atomic E-state index is 0.00723. The summed E-state index contributed by atoms with van der Waals surface area (Å²) in [6, 6.07) is 11.8. The third-order valence-electron chi connectivity index (χ3n) is 4.45. The number of hydrogen-bond acceptors (Lipinski definition) is 6. The number of alkyl halides is 3. The molecule has 12 heteroatoms. The molecule has 0 aliphatic carbocycles. The Balaban J connectivity index is 1.74. The van der Waals surface area contributed by atoms with Crippen LogP contribution in [0, 0.1) is 0 Å². The van der Waals surface area contributed by atoms with Crippen molar-refractivity contribution in [2.45, 2.75) is 6.18 Å². The van der Waals surface area contributed by atoms with Crippen LogP contribution in [-0.4, -0.2) is 37.1 Å². The maximum Gasteiger partial charge on any atom is 0.420 e. The largest absolute Gasteiger partial charge is 0.489 e. The molecule has 0 saturated carbocycles. The van der Waals surface area contributed by atoms with E-state index in [2.05, 4.69) is 20.9 Å². The Kier molecular flexibility index (Phi) is 8.10. The van der Waals surface area contributed by atoms with E-state index >= 15 is 0 Å². The van der Waals surface area contributed by atoms with Gasteiger partial charge in [-0.25, -0.2) is 4.79 Å². The quantitative estimate of drug-likeness (QED) is 0.375. The van der Waals surface area contributed by atoms with Gasteiger partial charge in [0.05, 0.1) is 11.3 Å². The number of nitrogens with two attached hydrogens (primary N) is 1. The number of anilines is 2. The van der Waals surface area contributed by atoms with Crippen molar-refractivity contribution >= 4 is 23.3 Å². The van der Waals surface area contributed by atoms with E-state index in [-0.39, 0.29) is 30.4 Å². The summed E-state index contributed by atoms with van der Waals surface area (Å²) in [5.74, 6) is -0.233. The molecule has 0 bridgehead atoms. The van der Waals surface area contributed by atoms with Crippen LogP contribution in [-0.2, 0) is 6.18 Å². The first-order chi connectivity index (χ1) is 16.7. The Morgan fingerprint density at radius 1 is 1.03 bits per heavy atom. The first-order valence-corrected chi connectivity index (χ1v) is 10.3. The Hall–Kier alpha value is -4.32. The number of halogens is 3. The minimum Gasteiger partial charge on any atom is -0.489 e. The zero-order valence-corrected chi connectivity index (χ0v) is 18.5. The van der Waals surface area contributed by atoms with Crippen molar-refractivity contribution in [1.82, 2.24) is 10.3 Å². The summed E-state index contributed by atoms with van der Waals surface area (Å²) < 4.78 is 51.0. The number of hydrogen-bond donors (Lipinski definition) is 4. The lowest BCUT2D eigenvalue weighted by Gasteiger charge is -2.18. The minimum atomic E-state index is -4.69. The molecular formula is C23H22F3N5O4. The van der Waals surface area contributed by atoms with Crippen LogP contribution in [0.2, 0.25) is 0 Å². The monoisotopic (exact) mass is 489 g/mol. The molecule has 1 heterocycles. The summed E-state index contributed by atoms with van der Waals surface area (Å²) in [6.45, 7) is -0.174. The van der Waals surface area contributed by atoms with Crippen molar-refractivity contribution in [3.8, 4) is 17.2 Å². The second-order valence-electron chi connectivity index (χ2n) is 6.98. The molecule has 0 aliphatic heterocycles. The number of nitrogens with one attached hydrogen (secondary N) is 3. The number of rotatable bonds is 8. The molecule has 0 radical (unpaired) electrons. The molecule has 0 aliphatic rings. The number of nitrogens with zero attached hydrogens (tertiary/aromatic N) is 1. The van der Waals surface area contributed by atoms with Crippen LogP contribution in [0.1, 0.15) is 16.1 Å². The zero-order valence-electron chi connectivity index (χ0n) is 18.5. The molecular weight excluding hydrogens is 467 g/mol. The fraction of sp³-hybridized carbons (Fsp3) is 0.174. The van der Waals surface area contributed by atoms with Crippen molar-refractivity contribution in [1.29, 1.82) is 0 Å². The Morgan fingerprint density at radius 2 is 1.77 bits per heavy atom. The van der Waals surface area contributed by atoms with E-state index in [1.807, 2.05) is 0 Å². The number of benzene rings is 2. The van der Waals surface area contributed by atoms with Crippen LogP contribution in [0.15, 0.2) is 60.8 Å². The molecule has 0 atom stereocenters. The lowest BCUT2D eigenvalue weighted by molar-refractivity contribution is -0.138. The summed E-state index contributed by atoms with van der Waals surface area (Å²) in [5, 5.41) is 7.36. The molecule has 5 N–H and O–H groups in total. The molecule has 0 spiro atoms. The predicted octanol–water partition coefficient (Wildman–Crippen LogP) is 4.23. The summed E-state index contributed by atoms with van der Waals surface area (Å²) in [7, 11) is 1.48. The van der Waals surface area contributed by atoms with Crippen molar-refractivity contribution in [2.75, 3.05) is 30.8 Å². The number of aromatic nitrogens is 1. The van der Waals surface area contributed by atoms with E-state index in [9.17, 15) is 22.8 Å². The van der Waals surface area contributed by atoms with Crippen LogP contribution < -0.4 is 31.2 Å². The third-order valence-corrected chi connectivity index (χ3v) is 4.45. The first kappa shape index (κ1) is 25.3. The van der Waals surface area contributed by atoms with Crippen LogP contribution in [0.4, 0.5) is 29.3 Å². The highest BCUT2D eigenvalue weighted by atomic mass is 19.4. The van der Waals surface area contributed by atoms with Crippen molar-refractivity contribution in [2.24, 2.45) is 5.73 Å². The molecule has 184 valence electrons. The number of amides is 3. The number of para-hydroxylation sites is 1. The first-order valence-electron chi connectivity index (χ1n) is 10.3. The second-order valence-corrected chi connectivity index (χ2v) is 6.98. The normalized spacial score (nSPS) is 10.9. The molecule has 3 rings (SSSR count). The van der Waals surface area contributed by atoms with Crippen molar-refractivity contribution in [3.05, 3.63) is 72.1 Å². The van der Waals surface area contributed by atoms with Gasteiger partial charge in [0, 0.05) is 37.6 Å². The van der Waals surface area contributed by atoms with E-state index < -0.39 is 23.5 Å². The Morgan fingerprint density at radius 3 is 2.49 bits per heavy atom. The number of urea groups is 1. The van der Waals surface area contributed by atoms with Gasteiger partial charge < -0.3 is 31.2 Å². The lowest BCUT2D eigenvalue weighted by Crippen LogP contribution is -2.22. The maximum atomic E-state index is 13.4. The van der Waals surface area contributed by atoms with E-state index in [1.54, 1.807) is 24.3 Å². The van der Waals surface area contributed by atoms with Gasteiger partial charge in [0.15, 0.2) is 5.75 Å². The van der Waals surface area contributed by atoms with Gasteiger partial charge in [-0.3, -0.25) is 9.78 Å². The van der Waals surface area contributed by atoms with Gasteiger partial charge in [-0.15, -0.1) is 0 Å². The van der Waals surface area contributed by atoms with Crippen LogP contribution in [0.25, 0.3) is 0 Å². The van der Waals surface area contributed by atoms with Crippen molar-refractivity contribution < 1.29 is 32.2 Å². The standard InChI is InChI=1S/C23H22F3N5O4/c1-28-21(32)19-13-16(8-10-29-19)35-15-5-2-4-14(12-15)30-22(33)31-18-7-3-6-17(23(24,25)26)20(18)34-11-9-27/h2-8,10,12-13H,9,11,27H2,1H3,(H,28,32)(H2,30,31,33). The maximum absolute atomic E-state index is 13.4. The average Bonchev–Trinajstić information content (AvgIpc) is 2.82. The third kappa shape index (κ3) is 6.84. The summed E-state index contributed by atoms with van der Waals surface area (Å²) in [5.41, 5.74) is 4.61. The lowest BCUT2D eigenvalue weighted by atomic mass is 10.1. The fourth-order valence-corrected chi connectivity index (χ4v) is 2.96. The molecule has 3 amide bonds. The van der Waals surface area contributed by atoms with E-state index in [0.29, 0.717) is 17.2 Å². The smallest absolute Gasteiger partial charge is 0.420 e. The molecule has 3 aromatic rings. The second kappa shape index (κ2) is 11.2. The van der Waals surface area contributed by atoms with E-state index in [0.717, 1.165) is 12.1 Å². The van der Waals surface area contributed by atoms with E-state index in [1.165, 1.54) is 31.4 Å². The molecule has 0 unspecified atom stereocenters. The summed E-state index contributed by atoms with van der Waals surface area (Å²) in [6.07, 6.45) is -3.27. The van der Waals surface area contributed by atoms with Gasteiger partial charge in [-0.1, -0.05) is 12.1 Å². The Labute approximate surface area is 198 Å². The summed E-state index contributed by atoms with van der Waals surface area (Å²) in [4.78, 5) is 28.2. The van der Waals surface area contributed by atoms with Crippen LogP contribution in [0.5, 0.6) is 17.2 Å². The molecule has 35 heavy (non-hydrogen) atoms. The molecule has 0 fully saturated rings. The highest BCUT2D eigenvalue weighted by molar-refractivity contribution is 6.01. The number of carbonyl (C=O) groups excluding carboxylic acids is 2. The highest BCUT2D eigenvalue weighted by Crippen LogP contribution is 2.40. The topological polar surface area (TPSA) is 128 Å². The number of carbonyl (C=O) groups is 2. The zero-order chi connectivity index (χ0) is 25.4. The van der Waals surface area contributed by atoms with Gasteiger partial charge >= 0.3 is 12.2 Å². The predicted molar refractivity (Wildman–Crippen MR) is 123 cm³/mol. The molecule has 1 aromatic heterocycles. The highest BCUT2D eigenvalue weighted by Gasteiger charge is 2.35. The van der Waals surface area contributed by atoms with Gasteiger partial charge in [-0.05, 0) is 30.3 Å². The van der Waals surface area contributed by atoms with Gasteiger partial charge in [-0.2, -0.15) is 13.2 Å². The van der Waals surface area contributed by atoms with Gasteiger partial charge in [0.1, 0.15) is 23.8 Å². The fourth-order valence-electron chi connectivity index (χ4n) is 2.96. The van der Waals surface area contributed by atoms with Gasteiger partial charge in [0.2, 0.25) is 0 Å². The van der Waals surface area contributed by atoms with E-state index in [4.69, 9.17) is 15.2 Å². The van der Waals surface area contributed by atoms with Crippen LogP contribution >= 0.6 is 0 Å². The summed E-state index contributed by atoms with van der Waals surface area (Å²) >= 11 is 0. The van der Waals surface area contributed by atoms with Crippen molar-refractivity contribution in [3.63, 3.8) is 0 Å².